The summed E-state index contributed by atoms with van der Waals surface area (Å²) < 4.78 is 30.2. The lowest BCUT2D eigenvalue weighted by Crippen LogP contribution is -2.39. The molecule has 1 unspecified atom stereocenters. The van der Waals surface area contributed by atoms with Crippen molar-refractivity contribution in [3.63, 3.8) is 0 Å². The van der Waals surface area contributed by atoms with Gasteiger partial charge in [0.05, 0.1) is 6.26 Å². The van der Waals surface area contributed by atoms with Crippen LogP contribution in [0.3, 0.4) is 0 Å². The van der Waals surface area contributed by atoms with E-state index in [1.807, 2.05) is 0 Å². The molecule has 1 amide bonds. The smallest absolute Gasteiger partial charge is 0.250 e. The van der Waals surface area contributed by atoms with Crippen LogP contribution in [-0.2, 0) is 14.8 Å². The predicted octanol–water partition coefficient (Wildman–Crippen LogP) is 0.323. The molecule has 0 aliphatic carbocycles. The third kappa shape index (κ3) is 3.59. The summed E-state index contributed by atoms with van der Waals surface area (Å²) in [5, 5.41) is 3.74. The van der Waals surface area contributed by atoms with Crippen LogP contribution in [0.1, 0.15) is 37.5 Å². The van der Waals surface area contributed by atoms with Crippen molar-refractivity contribution in [3.05, 3.63) is 11.7 Å². The second-order valence-electron chi connectivity index (χ2n) is 5.11. The van der Waals surface area contributed by atoms with Gasteiger partial charge in [0.25, 0.3) is 5.89 Å². The number of hydrogen-bond donors (Lipinski definition) is 0. The highest BCUT2D eigenvalue weighted by atomic mass is 32.2. The van der Waals surface area contributed by atoms with Gasteiger partial charge in [-0.15, -0.1) is 0 Å². The minimum Gasteiger partial charge on any atom is -0.337 e. The van der Waals surface area contributed by atoms with Gasteiger partial charge in [-0.25, -0.2) is 8.42 Å². The average Bonchev–Trinajstić information content (AvgIpc) is 2.71. The van der Waals surface area contributed by atoms with E-state index in [0.29, 0.717) is 31.8 Å². The fraction of sp³-hybridized carbons (Fsp3) is 0.750. The summed E-state index contributed by atoms with van der Waals surface area (Å²) in [5.74, 6) is 0.695. The van der Waals surface area contributed by atoms with Gasteiger partial charge in [-0.3, -0.25) is 4.79 Å². The third-order valence-electron chi connectivity index (χ3n) is 3.48. The molecule has 118 valence electrons. The summed E-state index contributed by atoms with van der Waals surface area (Å²) in [6, 6.07) is -0.532. The lowest BCUT2D eigenvalue weighted by molar-refractivity contribution is -0.133. The van der Waals surface area contributed by atoms with Crippen LogP contribution in [0.4, 0.5) is 0 Å². The zero-order chi connectivity index (χ0) is 15.6. The van der Waals surface area contributed by atoms with Crippen LogP contribution >= 0.6 is 0 Å². The second-order valence-corrected chi connectivity index (χ2v) is 7.09. The summed E-state index contributed by atoms with van der Waals surface area (Å²) in [4.78, 5) is 17.9. The minimum absolute atomic E-state index is 0.0498. The van der Waals surface area contributed by atoms with Gasteiger partial charge in [0, 0.05) is 26.1 Å². The Bertz CT molecular complexity index is 613. The number of nitrogens with zero attached hydrogens (tertiary/aromatic N) is 4. The summed E-state index contributed by atoms with van der Waals surface area (Å²) in [6.45, 7) is 4.47. The molecule has 1 aliphatic rings. The first kappa shape index (κ1) is 15.9. The molecule has 9 heteroatoms. The van der Waals surface area contributed by atoms with Gasteiger partial charge in [0.2, 0.25) is 15.9 Å². The molecule has 0 spiro atoms. The first-order chi connectivity index (χ1) is 9.82. The highest BCUT2D eigenvalue weighted by Crippen LogP contribution is 2.25. The lowest BCUT2D eigenvalue weighted by Gasteiger charge is -2.28. The van der Waals surface area contributed by atoms with E-state index in [0.717, 1.165) is 0 Å². The van der Waals surface area contributed by atoms with E-state index >= 15 is 0 Å². The number of sulfonamides is 1. The van der Waals surface area contributed by atoms with E-state index in [-0.39, 0.29) is 18.3 Å². The van der Waals surface area contributed by atoms with Crippen LogP contribution in [0, 0.1) is 6.92 Å². The van der Waals surface area contributed by atoms with Crippen molar-refractivity contribution in [2.24, 2.45) is 0 Å². The van der Waals surface area contributed by atoms with Crippen molar-refractivity contribution in [3.8, 4) is 0 Å². The highest BCUT2D eigenvalue weighted by molar-refractivity contribution is 7.88. The van der Waals surface area contributed by atoms with Crippen molar-refractivity contribution < 1.29 is 17.7 Å². The molecule has 0 aromatic carbocycles. The van der Waals surface area contributed by atoms with Crippen LogP contribution in [-0.4, -0.2) is 59.6 Å². The van der Waals surface area contributed by atoms with Crippen LogP contribution < -0.4 is 0 Å². The van der Waals surface area contributed by atoms with Gasteiger partial charge in [-0.1, -0.05) is 12.1 Å². The molecule has 1 atom stereocenters. The van der Waals surface area contributed by atoms with Gasteiger partial charge < -0.3 is 9.42 Å². The zero-order valence-corrected chi connectivity index (χ0v) is 13.3. The Balaban J connectivity index is 2.36. The molecule has 0 bridgehead atoms. The van der Waals surface area contributed by atoms with Crippen LogP contribution in [0.15, 0.2) is 4.52 Å². The maximum Gasteiger partial charge on any atom is 0.250 e. The van der Waals surface area contributed by atoms with E-state index in [9.17, 15) is 13.2 Å². The molecule has 0 N–H and O–H groups in total. The Morgan fingerprint density at radius 1 is 1.43 bits per heavy atom. The van der Waals surface area contributed by atoms with Crippen LogP contribution in [0.5, 0.6) is 0 Å². The standard InChI is InChI=1S/C12H20N4O4S/c1-4-11(17)16-7-5-6-15(21(3,18)19)8-10(16)12-13-9(2)14-20-12/h10H,4-8H2,1-3H3. The first-order valence-corrected chi connectivity index (χ1v) is 8.72. The SMILES string of the molecule is CCC(=O)N1CCCN(S(C)(=O)=O)CC1c1nc(C)no1. The summed E-state index contributed by atoms with van der Waals surface area (Å²) >= 11 is 0. The third-order valence-corrected chi connectivity index (χ3v) is 4.75. The van der Waals surface area contributed by atoms with Gasteiger partial charge in [0.15, 0.2) is 5.82 Å². The Morgan fingerprint density at radius 2 is 2.14 bits per heavy atom. The largest absolute Gasteiger partial charge is 0.337 e. The van der Waals surface area contributed by atoms with E-state index < -0.39 is 16.1 Å². The maximum absolute atomic E-state index is 12.1. The van der Waals surface area contributed by atoms with E-state index in [2.05, 4.69) is 10.1 Å². The molecule has 21 heavy (non-hydrogen) atoms. The van der Waals surface area contributed by atoms with Gasteiger partial charge in [-0.05, 0) is 13.3 Å². The molecule has 1 aromatic heterocycles. The van der Waals surface area contributed by atoms with E-state index in [1.165, 1.54) is 10.6 Å². The van der Waals surface area contributed by atoms with E-state index in [1.54, 1.807) is 18.7 Å². The predicted molar refractivity (Wildman–Crippen MR) is 74.8 cm³/mol. The average molecular weight is 316 g/mol. The number of rotatable bonds is 3. The fourth-order valence-electron chi connectivity index (χ4n) is 2.42. The monoisotopic (exact) mass is 316 g/mol. The molecule has 1 saturated heterocycles. The van der Waals surface area contributed by atoms with Gasteiger partial charge in [-0.2, -0.15) is 9.29 Å². The fourth-order valence-corrected chi connectivity index (χ4v) is 3.29. The number of amides is 1. The highest BCUT2D eigenvalue weighted by Gasteiger charge is 2.35. The Morgan fingerprint density at radius 3 is 2.67 bits per heavy atom. The van der Waals surface area contributed by atoms with Gasteiger partial charge in [0.1, 0.15) is 6.04 Å². The molecule has 1 fully saturated rings. The van der Waals surface area contributed by atoms with Crippen molar-refractivity contribution in [2.45, 2.75) is 32.7 Å². The normalized spacial score (nSPS) is 21.3. The maximum atomic E-state index is 12.1. The van der Waals surface area contributed by atoms with Crippen molar-refractivity contribution in [2.75, 3.05) is 25.9 Å². The summed E-state index contributed by atoms with van der Waals surface area (Å²) in [7, 11) is -3.33. The Kier molecular flexibility index (Phi) is 4.62. The number of aryl methyl sites for hydroxylation is 1. The van der Waals surface area contributed by atoms with E-state index in [4.69, 9.17) is 4.52 Å². The molecular weight excluding hydrogens is 296 g/mol. The number of aromatic nitrogens is 2. The van der Waals surface area contributed by atoms with Gasteiger partial charge >= 0.3 is 0 Å². The molecule has 8 nitrogen and oxygen atoms in total. The van der Waals surface area contributed by atoms with Crippen molar-refractivity contribution in [1.82, 2.24) is 19.3 Å². The quantitative estimate of drug-likeness (QED) is 0.797. The minimum atomic E-state index is -3.33. The molecule has 2 heterocycles. The molecule has 1 aromatic rings. The van der Waals surface area contributed by atoms with Crippen molar-refractivity contribution >= 4 is 15.9 Å². The van der Waals surface area contributed by atoms with Crippen molar-refractivity contribution in [1.29, 1.82) is 0 Å². The second kappa shape index (κ2) is 6.10. The Hall–Kier alpha value is -1.48. The summed E-state index contributed by atoms with van der Waals surface area (Å²) in [5.41, 5.74) is 0. The lowest BCUT2D eigenvalue weighted by atomic mass is 10.2. The molecule has 1 aliphatic heterocycles. The summed E-state index contributed by atoms with van der Waals surface area (Å²) in [6.07, 6.45) is 2.10. The number of hydrogen-bond acceptors (Lipinski definition) is 6. The zero-order valence-electron chi connectivity index (χ0n) is 12.4. The van der Waals surface area contributed by atoms with Crippen LogP contribution in [0.2, 0.25) is 0 Å². The molecule has 2 rings (SSSR count). The topological polar surface area (TPSA) is 96.6 Å². The first-order valence-electron chi connectivity index (χ1n) is 6.87. The molecule has 0 saturated carbocycles. The van der Waals surface area contributed by atoms with Crippen LogP contribution in [0.25, 0.3) is 0 Å². The molecular formula is C12H20N4O4S. The Labute approximate surface area is 124 Å². The molecule has 0 radical (unpaired) electrons. The number of carbonyl (C=O) groups excluding carboxylic acids is 1. The number of carbonyl (C=O) groups is 1.